The van der Waals surface area contributed by atoms with Crippen molar-refractivity contribution >= 4 is 16.7 Å². The number of nitrogens with zero attached hydrogens (tertiary/aromatic N) is 1. The molecule has 0 fully saturated rings. The van der Waals surface area contributed by atoms with Gasteiger partial charge in [0.1, 0.15) is 18.1 Å². The van der Waals surface area contributed by atoms with Crippen molar-refractivity contribution in [2.24, 2.45) is 0 Å². The first-order valence-electron chi connectivity index (χ1n) is 7.71. The Labute approximate surface area is 143 Å². The molecule has 0 saturated heterocycles. The van der Waals surface area contributed by atoms with Crippen LogP contribution in [0.15, 0.2) is 53.3 Å². The molecule has 0 saturated carbocycles. The number of benzene rings is 2. The minimum atomic E-state index is -0.373. The normalized spacial score (nSPS) is 10.4. The lowest BCUT2D eigenvalue weighted by Crippen LogP contribution is -2.30. The molecule has 7 nitrogen and oxygen atoms in total. The van der Waals surface area contributed by atoms with Crippen LogP contribution in [0, 0.1) is 0 Å². The number of hydrogen-bond acceptors (Lipinski definition) is 5. The maximum absolute atomic E-state index is 12.3. The Morgan fingerprint density at radius 3 is 2.68 bits per heavy atom. The van der Waals surface area contributed by atoms with E-state index in [0.29, 0.717) is 35.4 Å². The quantitative estimate of drug-likeness (QED) is 0.667. The molecule has 7 heteroatoms. The number of H-pyrrole nitrogens is 1. The van der Waals surface area contributed by atoms with Gasteiger partial charge in [0.25, 0.3) is 11.5 Å². The lowest BCUT2D eigenvalue weighted by molar-refractivity contribution is 0.0943. The number of carbonyl (C=O) groups excluding carboxylic acids is 1. The number of rotatable bonds is 6. The summed E-state index contributed by atoms with van der Waals surface area (Å²) < 4.78 is 10.7. The molecule has 0 radical (unpaired) electrons. The van der Waals surface area contributed by atoms with Gasteiger partial charge < -0.3 is 14.8 Å². The molecule has 0 aliphatic rings. The minimum Gasteiger partial charge on any atom is -0.497 e. The van der Waals surface area contributed by atoms with Crippen LogP contribution in [0.5, 0.6) is 11.5 Å². The predicted octanol–water partition coefficient (Wildman–Crippen LogP) is 1.74. The molecule has 0 spiro atoms. The largest absolute Gasteiger partial charge is 0.497 e. The highest BCUT2D eigenvalue weighted by Gasteiger charge is 2.13. The number of fused-ring (bicyclic) bond motifs is 1. The zero-order chi connectivity index (χ0) is 17.6. The fourth-order valence-electron chi connectivity index (χ4n) is 2.40. The van der Waals surface area contributed by atoms with Crippen molar-refractivity contribution < 1.29 is 14.3 Å². The number of aromatic nitrogens is 2. The van der Waals surface area contributed by atoms with Crippen molar-refractivity contribution in [2.75, 3.05) is 20.3 Å². The molecular formula is C18H17N3O4. The Hall–Kier alpha value is -3.35. The number of methoxy groups -OCH3 is 1. The zero-order valence-corrected chi connectivity index (χ0v) is 13.6. The van der Waals surface area contributed by atoms with Gasteiger partial charge in [0.15, 0.2) is 5.69 Å². The molecular weight excluding hydrogens is 322 g/mol. The first-order valence-corrected chi connectivity index (χ1v) is 7.71. The van der Waals surface area contributed by atoms with Crippen LogP contribution in [-0.4, -0.2) is 36.4 Å². The van der Waals surface area contributed by atoms with Gasteiger partial charge in [0.2, 0.25) is 0 Å². The molecule has 128 valence electrons. The number of nitrogens with one attached hydrogen (secondary N) is 2. The fourth-order valence-corrected chi connectivity index (χ4v) is 2.40. The van der Waals surface area contributed by atoms with Crippen LogP contribution in [0.1, 0.15) is 10.5 Å². The average Bonchev–Trinajstić information content (AvgIpc) is 2.66. The Bertz CT molecular complexity index is 952. The van der Waals surface area contributed by atoms with E-state index < -0.39 is 0 Å². The summed E-state index contributed by atoms with van der Waals surface area (Å²) in [5.74, 6) is 0.980. The van der Waals surface area contributed by atoms with Gasteiger partial charge in [-0.05, 0) is 18.2 Å². The van der Waals surface area contributed by atoms with Crippen LogP contribution in [0.3, 0.4) is 0 Å². The molecule has 3 aromatic rings. The summed E-state index contributed by atoms with van der Waals surface area (Å²) in [5, 5.41) is 9.87. The van der Waals surface area contributed by atoms with Gasteiger partial charge in [-0.15, -0.1) is 0 Å². The lowest BCUT2D eigenvalue weighted by atomic mass is 10.1. The topological polar surface area (TPSA) is 93.3 Å². The smallest absolute Gasteiger partial charge is 0.272 e. The van der Waals surface area contributed by atoms with Crippen molar-refractivity contribution in [3.63, 3.8) is 0 Å². The molecule has 0 aliphatic carbocycles. The van der Waals surface area contributed by atoms with Gasteiger partial charge in [0.05, 0.1) is 19.0 Å². The highest BCUT2D eigenvalue weighted by atomic mass is 16.5. The second-order valence-electron chi connectivity index (χ2n) is 5.23. The summed E-state index contributed by atoms with van der Waals surface area (Å²) in [6.07, 6.45) is 0. The second-order valence-corrected chi connectivity index (χ2v) is 5.23. The Morgan fingerprint density at radius 1 is 1.12 bits per heavy atom. The standard InChI is InChI=1S/C18H17N3O4/c1-24-12-5-4-6-13(11-12)25-10-9-19-18(23)16-14-7-2-3-8-15(14)17(22)21-20-16/h2-8,11H,9-10H2,1H3,(H,19,23)(H,21,22). The predicted molar refractivity (Wildman–Crippen MR) is 93.2 cm³/mol. The van der Waals surface area contributed by atoms with Crippen molar-refractivity contribution in [1.82, 2.24) is 15.5 Å². The summed E-state index contributed by atoms with van der Waals surface area (Å²) in [6.45, 7) is 0.589. The second kappa shape index (κ2) is 7.48. The molecule has 25 heavy (non-hydrogen) atoms. The summed E-state index contributed by atoms with van der Waals surface area (Å²) in [5.41, 5.74) is -0.148. The van der Waals surface area contributed by atoms with Crippen molar-refractivity contribution in [1.29, 1.82) is 0 Å². The van der Waals surface area contributed by atoms with Crippen molar-refractivity contribution in [3.05, 3.63) is 64.6 Å². The van der Waals surface area contributed by atoms with E-state index in [4.69, 9.17) is 9.47 Å². The molecule has 3 rings (SSSR count). The van der Waals surface area contributed by atoms with E-state index in [1.54, 1.807) is 43.5 Å². The number of aromatic amines is 1. The monoisotopic (exact) mass is 339 g/mol. The van der Waals surface area contributed by atoms with E-state index >= 15 is 0 Å². The van der Waals surface area contributed by atoms with Crippen LogP contribution in [0.25, 0.3) is 10.8 Å². The highest BCUT2D eigenvalue weighted by molar-refractivity contribution is 6.04. The van der Waals surface area contributed by atoms with E-state index in [-0.39, 0.29) is 17.2 Å². The minimum absolute atomic E-state index is 0.177. The molecule has 0 unspecified atom stereocenters. The fraction of sp³-hybridized carbons (Fsp3) is 0.167. The number of amides is 1. The summed E-state index contributed by atoms with van der Waals surface area (Å²) in [7, 11) is 1.58. The molecule has 1 aromatic heterocycles. The van der Waals surface area contributed by atoms with E-state index in [1.807, 2.05) is 12.1 Å². The van der Waals surface area contributed by atoms with Gasteiger partial charge >= 0.3 is 0 Å². The van der Waals surface area contributed by atoms with Gasteiger partial charge in [0, 0.05) is 11.5 Å². The molecule has 0 aliphatic heterocycles. The number of hydrogen-bond donors (Lipinski definition) is 2. The Morgan fingerprint density at radius 2 is 1.88 bits per heavy atom. The van der Waals surface area contributed by atoms with Crippen LogP contribution in [0.4, 0.5) is 0 Å². The maximum Gasteiger partial charge on any atom is 0.272 e. The first kappa shape index (κ1) is 16.5. The van der Waals surface area contributed by atoms with Crippen LogP contribution >= 0.6 is 0 Å². The number of ether oxygens (including phenoxy) is 2. The molecule has 0 atom stereocenters. The summed E-state index contributed by atoms with van der Waals surface area (Å²) >= 11 is 0. The molecule has 2 N–H and O–H groups in total. The van der Waals surface area contributed by atoms with E-state index in [0.717, 1.165) is 0 Å². The highest BCUT2D eigenvalue weighted by Crippen LogP contribution is 2.18. The van der Waals surface area contributed by atoms with Crippen LogP contribution in [0.2, 0.25) is 0 Å². The van der Waals surface area contributed by atoms with Crippen molar-refractivity contribution in [2.45, 2.75) is 0 Å². The molecule has 0 bridgehead atoms. The van der Waals surface area contributed by atoms with E-state index in [1.165, 1.54) is 0 Å². The van der Waals surface area contributed by atoms with Gasteiger partial charge in [-0.1, -0.05) is 24.3 Å². The lowest BCUT2D eigenvalue weighted by Gasteiger charge is -2.09. The molecule has 1 amide bonds. The SMILES string of the molecule is COc1cccc(OCCNC(=O)c2n[nH]c(=O)c3ccccc23)c1. The maximum atomic E-state index is 12.3. The third-order valence-electron chi connectivity index (χ3n) is 3.61. The Balaban J connectivity index is 1.62. The summed E-state index contributed by atoms with van der Waals surface area (Å²) in [4.78, 5) is 24.1. The van der Waals surface area contributed by atoms with Gasteiger partial charge in [-0.2, -0.15) is 5.10 Å². The zero-order valence-electron chi connectivity index (χ0n) is 13.6. The van der Waals surface area contributed by atoms with Gasteiger partial charge in [-0.3, -0.25) is 9.59 Å². The molecule has 1 heterocycles. The number of carbonyl (C=O) groups is 1. The molecule has 2 aromatic carbocycles. The van der Waals surface area contributed by atoms with E-state index in [9.17, 15) is 9.59 Å². The van der Waals surface area contributed by atoms with E-state index in [2.05, 4.69) is 15.5 Å². The third kappa shape index (κ3) is 3.77. The van der Waals surface area contributed by atoms with Gasteiger partial charge in [-0.25, -0.2) is 5.10 Å². The summed E-state index contributed by atoms with van der Waals surface area (Å²) in [6, 6.07) is 14.1. The third-order valence-corrected chi connectivity index (χ3v) is 3.61. The first-order chi connectivity index (χ1) is 12.2. The van der Waals surface area contributed by atoms with Crippen LogP contribution < -0.4 is 20.3 Å². The van der Waals surface area contributed by atoms with Crippen molar-refractivity contribution in [3.8, 4) is 11.5 Å². The Kier molecular flexibility index (Phi) is 4.94. The average molecular weight is 339 g/mol. The van der Waals surface area contributed by atoms with Crippen LogP contribution in [-0.2, 0) is 0 Å².